The quantitative estimate of drug-likeness (QED) is 0.235. The third-order valence-electron chi connectivity index (χ3n) is 6.93. The molecular formula is C30H31Cl2N5O3. The SMILES string of the molecule is CNCc1cc(Cl)c(O[C@H]2CCc3c(-c4cccc(-c5cnc(CNC)c(OC)n5)c4Cl)cccc32)nc1OC. The summed E-state index contributed by atoms with van der Waals surface area (Å²) in [6.07, 6.45) is 3.15. The van der Waals surface area contributed by atoms with E-state index in [1.165, 1.54) is 5.56 Å². The summed E-state index contributed by atoms with van der Waals surface area (Å²) in [5.74, 6) is 1.32. The van der Waals surface area contributed by atoms with Gasteiger partial charge in [-0.15, -0.1) is 0 Å². The number of nitrogens with one attached hydrogen (secondary N) is 2. The van der Waals surface area contributed by atoms with Gasteiger partial charge in [0.2, 0.25) is 17.6 Å². The van der Waals surface area contributed by atoms with E-state index < -0.39 is 0 Å². The lowest BCUT2D eigenvalue weighted by Crippen LogP contribution is -2.10. The second kappa shape index (κ2) is 12.4. The number of fused-ring (bicyclic) bond motifs is 1. The van der Waals surface area contributed by atoms with Crippen LogP contribution in [-0.2, 0) is 19.5 Å². The van der Waals surface area contributed by atoms with Crippen molar-refractivity contribution in [2.75, 3.05) is 28.3 Å². The molecule has 0 amide bonds. The van der Waals surface area contributed by atoms with Crippen molar-refractivity contribution in [3.63, 3.8) is 0 Å². The van der Waals surface area contributed by atoms with Crippen LogP contribution in [0.3, 0.4) is 0 Å². The molecule has 2 heterocycles. The third kappa shape index (κ3) is 5.45. The molecule has 208 valence electrons. The Bertz CT molecular complexity index is 1530. The summed E-state index contributed by atoms with van der Waals surface area (Å²) < 4.78 is 17.3. The van der Waals surface area contributed by atoms with Crippen LogP contribution in [0.25, 0.3) is 22.4 Å². The Morgan fingerprint density at radius 1 is 0.875 bits per heavy atom. The standard InChI is InChI=1S/C30H31Cl2N5O3/c1-33-14-17-13-23(31)29(37-28(17)38-3)40-26-12-11-19-18(7-5-8-20(19)26)21-9-6-10-22(27(21)32)24-16-35-25(15-34-2)30(36-24)39-4/h5-10,13,16,26,33-34H,11-12,14-15H2,1-4H3/t26-/m0/s1. The number of hydrogen-bond donors (Lipinski definition) is 2. The normalized spacial score (nSPS) is 14.2. The number of hydrogen-bond acceptors (Lipinski definition) is 8. The van der Waals surface area contributed by atoms with Gasteiger partial charge in [0.05, 0.1) is 31.1 Å². The van der Waals surface area contributed by atoms with Crippen molar-refractivity contribution in [1.82, 2.24) is 25.6 Å². The molecule has 2 N–H and O–H groups in total. The maximum Gasteiger partial charge on any atom is 0.237 e. The van der Waals surface area contributed by atoms with Crippen molar-refractivity contribution < 1.29 is 14.2 Å². The van der Waals surface area contributed by atoms with Crippen molar-refractivity contribution in [3.05, 3.63) is 81.1 Å². The summed E-state index contributed by atoms with van der Waals surface area (Å²) in [5.41, 5.74) is 7.29. The van der Waals surface area contributed by atoms with E-state index in [2.05, 4.69) is 37.7 Å². The van der Waals surface area contributed by atoms with Gasteiger partial charge in [-0.3, -0.25) is 4.98 Å². The topological polar surface area (TPSA) is 90.4 Å². The first-order chi connectivity index (χ1) is 19.5. The summed E-state index contributed by atoms with van der Waals surface area (Å²) in [4.78, 5) is 13.8. The fourth-order valence-electron chi connectivity index (χ4n) is 5.11. The molecule has 0 fully saturated rings. The van der Waals surface area contributed by atoms with Crippen LogP contribution < -0.4 is 24.8 Å². The van der Waals surface area contributed by atoms with Gasteiger partial charge in [-0.2, -0.15) is 4.98 Å². The second-order valence-corrected chi connectivity index (χ2v) is 10.2. The van der Waals surface area contributed by atoms with Crippen LogP contribution in [-0.4, -0.2) is 43.3 Å². The van der Waals surface area contributed by atoms with Crippen LogP contribution in [0, 0.1) is 0 Å². The number of ether oxygens (including phenoxy) is 3. The van der Waals surface area contributed by atoms with Crippen molar-refractivity contribution in [3.8, 4) is 40.0 Å². The molecule has 0 radical (unpaired) electrons. The van der Waals surface area contributed by atoms with Gasteiger partial charge in [0.15, 0.2) is 0 Å². The van der Waals surface area contributed by atoms with E-state index >= 15 is 0 Å². The van der Waals surface area contributed by atoms with Crippen LogP contribution >= 0.6 is 23.2 Å². The fourth-order valence-corrected chi connectivity index (χ4v) is 5.66. The monoisotopic (exact) mass is 579 g/mol. The number of pyridine rings is 1. The molecule has 1 atom stereocenters. The van der Waals surface area contributed by atoms with E-state index in [4.69, 9.17) is 37.4 Å². The lowest BCUT2D eigenvalue weighted by atomic mass is 9.95. The van der Waals surface area contributed by atoms with E-state index in [9.17, 15) is 0 Å². The highest BCUT2D eigenvalue weighted by Crippen LogP contribution is 2.44. The largest absolute Gasteiger partial charge is 0.481 e. The minimum absolute atomic E-state index is 0.198. The zero-order valence-corrected chi connectivity index (χ0v) is 24.4. The molecule has 40 heavy (non-hydrogen) atoms. The Morgan fingerprint density at radius 3 is 2.35 bits per heavy atom. The van der Waals surface area contributed by atoms with Gasteiger partial charge in [-0.25, -0.2) is 4.98 Å². The Balaban J connectivity index is 1.48. The first-order valence-electron chi connectivity index (χ1n) is 13.0. The highest BCUT2D eigenvalue weighted by molar-refractivity contribution is 6.36. The second-order valence-electron chi connectivity index (χ2n) is 9.40. The maximum absolute atomic E-state index is 7.04. The van der Waals surface area contributed by atoms with E-state index in [1.807, 2.05) is 44.4 Å². The molecule has 5 rings (SSSR count). The van der Waals surface area contributed by atoms with Gasteiger partial charge in [0.25, 0.3) is 0 Å². The van der Waals surface area contributed by atoms with Crippen molar-refractivity contribution in [1.29, 1.82) is 0 Å². The number of methoxy groups -OCH3 is 2. The molecule has 10 heteroatoms. The zero-order chi connectivity index (χ0) is 28.2. The van der Waals surface area contributed by atoms with Crippen LogP contribution in [0.2, 0.25) is 10.0 Å². The van der Waals surface area contributed by atoms with Gasteiger partial charge in [-0.05, 0) is 49.7 Å². The van der Waals surface area contributed by atoms with E-state index in [0.717, 1.165) is 46.4 Å². The molecule has 1 aliphatic carbocycles. The van der Waals surface area contributed by atoms with E-state index in [-0.39, 0.29) is 6.10 Å². The number of aromatic nitrogens is 3. The molecule has 2 aromatic heterocycles. The van der Waals surface area contributed by atoms with Crippen LogP contribution in [0.4, 0.5) is 0 Å². The van der Waals surface area contributed by atoms with Crippen LogP contribution in [0.5, 0.6) is 17.6 Å². The molecule has 0 saturated carbocycles. The van der Waals surface area contributed by atoms with Gasteiger partial charge in [0, 0.05) is 29.8 Å². The molecule has 0 aliphatic heterocycles. The lowest BCUT2D eigenvalue weighted by molar-refractivity contribution is 0.196. The Morgan fingerprint density at radius 2 is 1.60 bits per heavy atom. The summed E-state index contributed by atoms with van der Waals surface area (Å²) in [5, 5.41) is 7.23. The molecule has 0 bridgehead atoms. The van der Waals surface area contributed by atoms with Crippen molar-refractivity contribution >= 4 is 23.2 Å². The van der Waals surface area contributed by atoms with E-state index in [0.29, 0.717) is 46.5 Å². The highest BCUT2D eigenvalue weighted by atomic mass is 35.5. The van der Waals surface area contributed by atoms with Crippen LogP contribution in [0.1, 0.15) is 34.9 Å². The highest BCUT2D eigenvalue weighted by Gasteiger charge is 2.29. The number of halogens is 2. The summed E-state index contributed by atoms with van der Waals surface area (Å²) in [6.45, 7) is 1.14. The predicted octanol–water partition coefficient (Wildman–Crippen LogP) is 6.03. The summed E-state index contributed by atoms with van der Waals surface area (Å²) >= 11 is 13.6. The predicted molar refractivity (Wildman–Crippen MR) is 157 cm³/mol. The van der Waals surface area contributed by atoms with Crippen molar-refractivity contribution in [2.45, 2.75) is 32.0 Å². The molecule has 0 saturated heterocycles. The van der Waals surface area contributed by atoms with Gasteiger partial charge >= 0.3 is 0 Å². The minimum atomic E-state index is -0.198. The number of nitrogens with zero attached hydrogens (tertiary/aromatic N) is 3. The molecule has 4 aromatic rings. The first-order valence-corrected chi connectivity index (χ1v) is 13.7. The zero-order valence-electron chi connectivity index (χ0n) is 22.8. The molecule has 0 spiro atoms. The van der Waals surface area contributed by atoms with Gasteiger partial charge in [-0.1, -0.05) is 59.6 Å². The molecule has 2 aromatic carbocycles. The Kier molecular flexibility index (Phi) is 8.71. The first kappa shape index (κ1) is 28.1. The number of rotatable bonds is 10. The summed E-state index contributed by atoms with van der Waals surface area (Å²) in [6, 6.07) is 14.0. The maximum atomic E-state index is 7.04. The van der Waals surface area contributed by atoms with Crippen LogP contribution in [0.15, 0.2) is 48.7 Å². The minimum Gasteiger partial charge on any atom is -0.481 e. The number of benzene rings is 2. The molecule has 8 nitrogen and oxygen atoms in total. The van der Waals surface area contributed by atoms with E-state index in [1.54, 1.807) is 20.4 Å². The smallest absolute Gasteiger partial charge is 0.237 e. The van der Waals surface area contributed by atoms with Gasteiger partial charge < -0.3 is 24.8 Å². The average Bonchev–Trinajstić information content (AvgIpc) is 3.38. The van der Waals surface area contributed by atoms with Gasteiger partial charge in [0.1, 0.15) is 16.8 Å². The lowest BCUT2D eigenvalue weighted by Gasteiger charge is -2.18. The molecular weight excluding hydrogens is 549 g/mol. The average molecular weight is 581 g/mol. The Labute approximate surface area is 244 Å². The third-order valence-corrected chi connectivity index (χ3v) is 7.61. The van der Waals surface area contributed by atoms with Crippen molar-refractivity contribution in [2.24, 2.45) is 0 Å². The fraction of sp³-hybridized carbons (Fsp3) is 0.300. The Hall–Kier alpha value is -3.43. The molecule has 1 aliphatic rings. The molecule has 0 unspecified atom stereocenters. The summed E-state index contributed by atoms with van der Waals surface area (Å²) in [7, 11) is 6.89.